The van der Waals surface area contributed by atoms with Crippen molar-refractivity contribution in [2.75, 3.05) is 0 Å². The van der Waals surface area contributed by atoms with Gasteiger partial charge in [-0.25, -0.2) is 0 Å². The van der Waals surface area contributed by atoms with Crippen molar-refractivity contribution in [1.29, 1.82) is 0 Å². The van der Waals surface area contributed by atoms with Crippen molar-refractivity contribution in [3.8, 4) is 0 Å². The summed E-state index contributed by atoms with van der Waals surface area (Å²) in [6.07, 6.45) is 3.34. The highest BCUT2D eigenvalue weighted by atomic mass is 32.1. The van der Waals surface area contributed by atoms with Gasteiger partial charge in [-0.05, 0) is 28.6 Å². The SMILES string of the molecule is O=C(C=Cc1cccs1)NC1c2ccccc2CC1O. The molecule has 20 heavy (non-hydrogen) atoms. The van der Waals surface area contributed by atoms with Crippen LogP contribution in [0.4, 0.5) is 0 Å². The highest BCUT2D eigenvalue weighted by molar-refractivity contribution is 7.10. The van der Waals surface area contributed by atoms with Gasteiger partial charge in [0.15, 0.2) is 0 Å². The number of thiophene rings is 1. The zero-order valence-electron chi connectivity index (χ0n) is 10.8. The molecule has 0 saturated carbocycles. The van der Waals surface area contributed by atoms with Gasteiger partial charge in [0.25, 0.3) is 0 Å². The molecular formula is C16H15NO2S. The molecule has 3 nitrogen and oxygen atoms in total. The van der Waals surface area contributed by atoms with Crippen LogP contribution in [0.5, 0.6) is 0 Å². The van der Waals surface area contributed by atoms with E-state index in [2.05, 4.69) is 5.32 Å². The Bertz CT molecular complexity index is 634. The molecule has 102 valence electrons. The number of fused-ring (bicyclic) bond motifs is 1. The van der Waals surface area contributed by atoms with Gasteiger partial charge in [-0.3, -0.25) is 4.79 Å². The van der Waals surface area contributed by atoms with E-state index in [1.807, 2.05) is 41.8 Å². The molecule has 4 heteroatoms. The molecule has 0 aliphatic heterocycles. The molecule has 1 aliphatic rings. The van der Waals surface area contributed by atoms with Crippen molar-refractivity contribution in [3.05, 3.63) is 63.9 Å². The minimum Gasteiger partial charge on any atom is -0.390 e. The topological polar surface area (TPSA) is 49.3 Å². The van der Waals surface area contributed by atoms with Gasteiger partial charge in [-0.2, -0.15) is 0 Å². The standard InChI is InChI=1S/C16H15NO2S/c18-14-10-11-4-1-2-6-13(11)16(14)17-15(19)8-7-12-5-3-9-20-12/h1-9,14,16,18H,10H2,(H,17,19). The number of benzene rings is 1. The molecule has 1 aromatic carbocycles. The monoisotopic (exact) mass is 285 g/mol. The number of hydrogen-bond acceptors (Lipinski definition) is 3. The van der Waals surface area contributed by atoms with E-state index < -0.39 is 6.10 Å². The zero-order valence-corrected chi connectivity index (χ0v) is 11.6. The van der Waals surface area contributed by atoms with Crippen LogP contribution in [-0.4, -0.2) is 17.1 Å². The summed E-state index contributed by atoms with van der Waals surface area (Å²) in [7, 11) is 0. The first-order chi connectivity index (χ1) is 9.74. The lowest BCUT2D eigenvalue weighted by atomic mass is 10.1. The molecule has 0 radical (unpaired) electrons. The van der Waals surface area contributed by atoms with Gasteiger partial charge in [-0.1, -0.05) is 30.3 Å². The minimum atomic E-state index is -0.550. The lowest BCUT2D eigenvalue weighted by molar-refractivity contribution is -0.117. The summed E-state index contributed by atoms with van der Waals surface area (Å²) in [6, 6.07) is 11.4. The quantitative estimate of drug-likeness (QED) is 0.851. The molecule has 2 atom stereocenters. The van der Waals surface area contributed by atoms with Crippen molar-refractivity contribution in [2.24, 2.45) is 0 Å². The fourth-order valence-corrected chi connectivity index (χ4v) is 3.11. The van der Waals surface area contributed by atoms with Gasteiger partial charge in [0, 0.05) is 17.4 Å². The summed E-state index contributed by atoms with van der Waals surface area (Å²) >= 11 is 1.58. The summed E-state index contributed by atoms with van der Waals surface area (Å²) in [4.78, 5) is 13.0. The van der Waals surface area contributed by atoms with E-state index in [-0.39, 0.29) is 11.9 Å². The largest absolute Gasteiger partial charge is 0.390 e. The number of amides is 1. The van der Waals surface area contributed by atoms with Crippen molar-refractivity contribution in [3.63, 3.8) is 0 Å². The van der Waals surface area contributed by atoms with Gasteiger partial charge in [-0.15, -0.1) is 11.3 Å². The number of rotatable bonds is 3. The molecule has 3 rings (SSSR count). The highest BCUT2D eigenvalue weighted by Crippen LogP contribution is 2.31. The average molecular weight is 285 g/mol. The lowest BCUT2D eigenvalue weighted by Crippen LogP contribution is -2.32. The average Bonchev–Trinajstić information content (AvgIpc) is 3.06. The number of nitrogens with one attached hydrogen (secondary N) is 1. The van der Waals surface area contributed by atoms with Gasteiger partial charge in [0.05, 0.1) is 12.1 Å². The van der Waals surface area contributed by atoms with Crippen LogP contribution < -0.4 is 5.32 Å². The summed E-state index contributed by atoms with van der Waals surface area (Å²) < 4.78 is 0. The molecule has 2 aromatic rings. The summed E-state index contributed by atoms with van der Waals surface area (Å²) in [5.41, 5.74) is 2.12. The van der Waals surface area contributed by atoms with E-state index >= 15 is 0 Å². The molecule has 2 N–H and O–H groups in total. The van der Waals surface area contributed by atoms with Crippen molar-refractivity contribution >= 4 is 23.3 Å². The Labute approximate surface area is 121 Å². The maximum atomic E-state index is 11.9. The maximum absolute atomic E-state index is 11.9. The third kappa shape index (κ3) is 2.66. The molecule has 1 aliphatic carbocycles. The first kappa shape index (κ1) is 13.1. The molecule has 1 aromatic heterocycles. The van der Waals surface area contributed by atoms with Crippen LogP contribution in [0.15, 0.2) is 47.9 Å². The van der Waals surface area contributed by atoms with Crippen LogP contribution in [0.25, 0.3) is 6.08 Å². The van der Waals surface area contributed by atoms with Gasteiger partial charge in [0.2, 0.25) is 5.91 Å². The van der Waals surface area contributed by atoms with Crippen LogP contribution in [0.3, 0.4) is 0 Å². The number of carbonyl (C=O) groups is 1. The van der Waals surface area contributed by atoms with Crippen molar-refractivity contribution in [2.45, 2.75) is 18.6 Å². The highest BCUT2D eigenvalue weighted by Gasteiger charge is 2.31. The van der Waals surface area contributed by atoms with E-state index in [1.165, 1.54) is 6.08 Å². The Morgan fingerprint density at radius 1 is 1.30 bits per heavy atom. The third-order valence-corrected chi connectivity index (χ3v) is 4.28. The van der Waals surface area contributed by atoms with E-state index in [4.69, 9.17) is 0 Å². The number of aliphatic hydroxyl groups excluding tert-OH is 1. The van der Waals surface area contributed by atoms with Crippen LogP contribution in [0.2, 0.25) is 0 Å². The van der Waals surface area contributed by atoms with Crippen molar-refractivity contribution in [1.82, 2.24) is 5.32 Å². The predicted molar refractivity (Wildman–Crippen MR) is 80.4 cm³/mol. The molecule has 0 spiro atoms. The number of hydrogen-bond donors (Lipinski definition) is 2. The summed E-state index contributed by atoms with van der Waals surface area (Å²) in [5, 5.41) is 14.9. The molecule has 0 fully saturated rings. The van der Waals surface area contributed by atoms with E-state index in [0.717, 1.165) is 16.0 Å². The molecule has 0 saturated heterocycles. The van der Waals surface area contributed by atoms with Gasteiger partial charge >= 0.3 is 0 Å². The first-order valence-corrected chi connectivity index (χ1v) is 7.40. The van der Waals surface area contributed by atoms with Crippen LogP contribution >= 0.6 is 11.3 Å². The van der Waals surface area contributed by atoms with Crippen LogP contribution in [-0.2, 0) is 11.2 Å². The second-order valence-corrected chi connectivity index (χ2v) is 5.78. The lowest BCUT2D eigenvalue weighted by Gasteiger charge is -2.16. The first-order valence-electron chi connectivity index (χ1n) is 6.52. The Kier molecular flexibility index (Phi) is 3.67. The van der Waals surface area contributed by atoms with Crippen molar-refractivity contribution < 1.29 is 9.90 Å². The van der Waals surface area contributed by atoms with E-state index in [1.54, 1.807) is 17.4 Å². The molecule has 0 bridgehead atoms. The fraction of sp³-hybridized carbons (Fsp3) is 0.188. The Morgan fingerprint density at radius 3 is 2.95 bits per heavy atom. The van der Waals surface area contributed by atoms with Gasteiger partial charge in [0.1, 0.15) is 0 Å². The van der Waals surface area contributed by atoms with E-state index in [9.17, 15) is 9.90 Å². The van der Waals surface area contributed by atoms with Gasteiger partial charge < -0.3 is 10.4 Å². The number of carbonyl (C=O) groups excluding carboxylic acids is 1. The third-order valence-electron chi connectivity index (χ3n) is 3.44. The smallest absolute Gasteiger partial charge is 0.244 e. The molecular weight excluding hydrogens is 270 g/mol. The Balaban J connectivity index is 1.70. The number of aliphatic hydroxyl groups is 1. The molecule has 1 heterocycles. The van der Waals surface area contributed by atoms with Crippen LogP contribution in [0, 0.1) is 0 Å². The normalized spacial score (nSPS) is 21.1. The maximum Gasteiger partial charge on any atom is 0.244 e. The predicted octanol–water partition coefficient (Wildman–Crippen LogP) is 2.54. The zero-order chi connectivity index (χ0) is 13.9. The van der Waals surface area contributed by atoms with E-state index in [0.29, 0.717) is 6.42 Å². The fourth-order valence-electron chi connectivity index (χ4n) is 2.49. The summed E-state index contributed by atoms with van der Waals surface area (Å²) in [6.45, 7) is 0. The summed E-state index contributed by atoms with van der Waals surface area (Å²) in [5.74, 6) is -0.181. The second-order valence-electron chi connectivity index (χ2n) is 4.81. The Hall–Kier alpha value is -1.91. The van der Waals surface area contributed by atoms with Crippen LogP contribution in [0.1, 0.15) is 22.0 Å². The molecule has 1 amide bonds. The molecule has 2 unspecified atom stereocenters. The Morgan fingerprint density at radius 2 is 2.15 bits per heavy atom. The second kappa shape index (κ2) is 5.61. The minimum absolute atomic E-state index is 0.181.